The zero-order valence-electron chi connectivity index (χ0n) is 11.8. The van der Waals surface area contributed by atoms with Gasteiger partial charge in [0, 0.05) is 10.6 Å². The normalized spacial score (nSPS) is 11.1. The van der Waals surface area contributed by atoms with Gasteiger partial charge >= 0.3 is 5.97 Å². The maximum atomic E-state index is 12.1. The van der Waals surface area contributed by atoms with Crippen LogP contribution in [0.5, 0.6) is 0 Å². The molecule has 1 amide bonds. The fourth-order valence-corrected chi connectivity index (χ4v) is 2.87. The summed E-state index contributed by atoms with van der Waals surface area (Å²) in [6.45, 7) is 0. The lowest BCUT2D eigenvalue weighted by Gasteiger charge is -2.09. The number of aromatic carboxylic acids is 1. The number of hydrogen-bond donors (Lipinski definition) is 3. The third-order valence-electron chi connectivity index (χ3n) is 2.88. The van der Waals surface area contributed by atoms with Crippen LogP contribution in [-0.4, -0.2) is 25.4 Å². The van der Waals surface area contributed by atoms with Crippen LogP contribution in [0.2, 0.25) is 10.0 Å². The van der Waals surface area contributed by atoms with Crippen molar-refractivity contribution < 1.29 is 23.1 Å². The zero-order chi connectivity index (χ0) is 17.9. The molecule has 0 heterocycles. The summed E-state index contributed by atoms with van der Waals surface area (Å²) in [6, 6.07) is 8.92. The van der Waals surface area contributed by atoms with Crippen molar-refractivity contribution in [2.75, 3.05) is 0 Å². The summed E-state index contributed by atoms with van der Waals surface area (Å²) in [5.74, 6) is -2.08. The van der Waals surface area contributed by atoms with Crippen molar-refractivity contribution in [1.29, 1.82) is 0 Å². The van der Waals surface area contributed by atoms with Gasteiger partial charge in [-0.1, -0.05) is 23.2 Å². The van der Waals surface area contributed by atoms with Crippen LogP contribution in [0.4, 0.5) is 0 Å². The quantitative estimate of drug-likeness (QED) is 0.680. The van der Waals surface area contributed by atoms with Gasteiger partial charge in [0.2, 0.25) is 0 Å². The van der Waals surface area contributed by atoms with E-state index in [1.807, 2.05) is 10.3 Å². The number of carboxylic acid groups (broad SMARTS) is 1. The summed E-state index contributed by atoms with van der Waals surface area (Å²) in [5, 5.41) is 9.29. The van der Waals surface area contributed by atoms with Gasteiger partial charge in [-0.05, 0) is 42.5 Å². The van der Waals surface area contributed by atoms with Crippen LogP contribution >= 0.6 is 23.2 Å². The highest BCUT2D eigenvalue weighted by molar-refractivity contribution is 7.89. The predicted molar refractivity (Wildman–Crippen MR) is 87.7 cm³/mol. The highest BCUT2D eigenvalue weighted by Crippen LogP contribution is 2.20. The molecule has 2 aromatic carbocycles. The zero-order valence-corrected chi connectivity index (χ0v) is 14.1. The van der Waals surface area contributed by atoms with Gasteiger partial charge < -0.3 is 5.11 Å². The Bertz CT molecular complexity index is 898. The fraction of sp³-hybridized carbons (Fsp3) is 0. The Labute approximate surface area is 147 Å². The van der Waals surface area contributed by atoms with E-state index in [0.29, 0.717) is 5.02 Å². The van der Waals surface area contributed by atoms with Gasteiger partial charge in [-0.15, -0.1) is 4.83 Å². The topological polar surface area (TPSA) is 113 Å². The lowest BCUT2D eigenvalue weighted by Crippen LogP contribution is -2.41. The molecule has 24 heavy (non-hydrogen) atoms. The molecule has 2 aromatic rings. The molecular formula is C14H10Cl2N2O5S. The molecule has 0 fully saturated rings. The number of amides is 1. The Morgan fingerprint density at radius 2 is 1.62 bits per heavy atom. The number of hydrazine groups is 1. The third-order valence-corrected chi connectivity index (χ3v) is 4.71. The molecule has 0 atom stereocenters. The largest absolute Gasteiger partial charge is 0.478 e. The highest BCUT2D eigenvalue weighted by Gasteiger charge is 2.19. The third kappa shape index (κ3) is 4.24. The molecule has 0 aromatic heterocycles. The van der Waals surface area contributed by atoms with E-state index >= 15 is 0 Å². The van der Waals surface area contributed by atoms with Gasteiger partial charge in [-0.3, -0.25) is 10.2 Å². The smallest absolute Gasteiger partial charge is 0.337 e. The standard InChI is InChI=1S/C14H10Cl2N2O5S/c15-9-3-1-8(2-4-9)13(19)17-18-24(22,23)10-5-6-12(16)11(7-10)14(20)21/h1-7,18H,(H,17,19)(H,20,21). The number of carbonyl (C=O) groups is 2. The summed E-state index contributed by atoms with van der Waals surface area (Å²) in [5.41, 5.74) is 1.83. The molecule has 0 bridgehead atoms. The Morgan fingerprint density at radius 1 is 1.00 bits per heavy atom. The number of carbonyl (C=O) groups excluding carboxylic acids is 1. The molecule has 3 N–H and O–H groups in total. The van der Waals surface area contributed by atoms with Gasteiger partial charge in [0.1, 0.15) is 0 Å². The molecule has 10 heteroatoms. The van der Waals surface area contributed by atoms with Crippen molar-refractivity contribution in [3.05, 3.63) is 63.6 Å². The Hall–Kier alpha value is -2.13. The van der Waals surface area contributed by atoms with E-state index in [-0.39, 0.29) is 21.0 Å². The molecule has 0 aliphatic carbocycles. The molecule has 0 aliphatic heterocycles. The minimum atomic E-state index is -4.17. The first-order chi connectivity index (χ1) is 11.2. The Kier molecular flexibility index (Phi) is 5.45. The molecule has 126 valence electrons. The monoisotopic (exact) mass is 388 g/mol. The van der Waals surface area contributed by atoms with Crippen LogP contribution in [0.3, 0.4) is 0 Å². The summed E-state index contributed by atoms with van der Waals surface area (Å²) < 4.78 is 24.3. The van der Waals surface area contributed by atoms with Crippen molar-refractivity contribution in [3.63, 3.8) is 0 Å². The molecule has 7 nitrogen and oxygen atoms in total. The second-order valence-electron chi connectivity index (χ2n) is 4.51. The number of nitrogens with one attached hydrogen (secondary N) is 2. The van der Waals surface area contributed by atoms with Crippen molar-refractivity contribution in [1.82, 2.24) is 10.3 Å². The fourth-order valence-electron chi connectivity index (χ4n) is 1.68. The number of halogens is 2. The molecule has 0 unspecified atom stereocenters. The number of benzene rings is 2. The molecule has 2 rings (SSSR count). The average molecular weight is 389 g/mol. The Morgan fingerprint density at radius 3 is 2.21 bits per heavy atom. The first-order valence-electron chi connectivity index (χ1n) is 6.31. The van der Waals surface area contributed by atoms with Crippen molar-refractivity contribution >= 4 is 45.1 Å². The summed E-state index contributed by atoms with van der Waals surface area (Å²) in [4.78, 5) is 24.4. The van der Waals surface area contributed by atoms with Crippen molar-refractivity contribution in [2.24, 2.45) is 0 Å². The molecular weight excluding hydrogens is 379 g/mol. The summed E-state index contributed by atoms with van der Waals surface area (Å²) >= 11 is 11.4. The van der Waals surface area contributed by atoms with Gasteiger partial charge in [-0.2, -0.15) is 0 Å². The maximum absolute atomic E-state index is 12.1. The van der Waals surface area contributed by atoms with Gasteiger partial charge in [-0.25, -0.2) is 13.2 Å². The maximum Gasteiger partial charge on any atom is 0.337 e. The molecule has 0 saturated carbocycles. The van der Waals surface area contributed by atoms with E-state index in [2.05, 4.69) is 0 Å². The number of hydrogen-bond acceptors (Lipinski definition) is 4. The molecule has 0 aliphatic rings. The average Bonchev–Trinajstić information content (AvgIpc) is 2.53. The Balaban J connectivity index is 2.17. The first-order valence-corrected chi connectivity index (χ1v) is 8.55. The van der Waals surface area contributed by atoms with Crippen LogP contribution in [0, 0.1) is 0 Å². The second kappa shape index (κ2) is 7.18. The lowest BCUT2D eigenvalue weighted by molar-refractivity contribution is 0.0696. The SMILES string of the molecule is O=C(NNS(=O)(=O)c1ccc(Cl)c(C(=O)O)c1)c1ccc(Cl)cc1. The van der Waals surface area contributed by atoms with Crippen LogP contribution in [0.15, 0.2) is 47.4 Å². The van der Waals surface area contributed by atoms with Crippen LogP contribution < -0.4 is 10.3 Å². The van der Waals surface area contributed by atoms with Crippen molar-refractivity contribution in [3.8, 4) is 0 Å². The number of rotatable bonds is 5. The molecule has 0 radical (unpaired) electrons. The van der Waals surface area contributed by atoms with Gasteiger partial charge in [0.05, 0.1) is 15.5 Å². The number of sulfonamides is 1. The van der Waals surface area contributed by atoms with E-state index in [1.54, 1.807) is 0 Å². The predicted octanol–water partition coefficient (Wildman–Crippen LogP) is 2.31. The minimum absolute atomic E-state index is 0.105. The second-order valence-corrected chi connectivity index (χ2v) is 7.04. The van der Waals surface area contributed by atoms with Gasteiger partial charge in [0.15, 0.2) is 0 Å². The summed E-state index contributed by atoms with van der Waals surface area (Å²) in [7, 11) is -4.17. The minimum Gasteiger partial charge on any atom is -0.478 e. The lowest BCUT2D eigenvalue weighted by atomic mass is 10.2. The van der Waals surface area contributed by atoms with Crippen LogP contribution in [-0.2, 0) is 10.0 Å². The molecule has 0 spiro atoms. The number of carboxylic acids is 1. The molecule has 0 saturated heterocycles. The first kappa shape index (κ1) is 18.2. The van der Waals surface area contributed by atoms with Crippen molar-refractivity contribution in [2.45, 2.75) is 4.90 Å². The van der Waals surface area contributed by atoms with Gasteiger partial charge in [0.25, 0.3) is 15.9 Å². The van der Waals surface area contributed by atoms with E-state index in [0.717, 1.165) is 18.2 Å². The van der Waals surface area contributed by atoms with Crippen LogP contribution in [0.25, 0.3) is 0 Å². The van der Waals surface area contributed by atoms with E-state index in [1.165, 1.54) is 24.3 Å². The van der Waals surface area contributed by atoms with E-state index < -0.39 is 21.9 Å². The highest BCUT2D eigenvalue weighted by atomic mass is 35.5. The van der Waals surface area contributed by atoms with E-state index in [4.69, 9.17) is 28.3 Å². The van der Waals surface area contributed by atoms with E-state index in [9.17, 15) is 18.0 Å². The summed E-state index contributed by atoms with van der Waals surface area (Å²) in [6.07, 6.45) is 0. The van der Waals surface area contributed by atoms with Crippen LogP contribution in [0.1, 0.15) is 20.7 Å².